The zero-order chi connectivity index (χ0) is 17.1. The van der Waals surface area contributed by atoms with Gasteiger partial charge in [-0.3, -0.25) is 4.79 Å². The van der Waals surface area contributed by atoms with Gasteiger partial charge in [0.15, 0.2) is 5.60 Å². The molecule has 2 aromatic rings. The maximum Gasteiger partial charge on any atom is 0.261 e. The van der Waals surface area contributed by atoms with Gasteiger partial charge in [0.05, 0.1) is 16.8 Å². The summed E-state index contributed by atoms with van der Waals surface area (Å²) in [5.41, 5.74) is -0.640. The van der Waals surface area contributed by atoms with Gasteiger partial charge in [0.2, 0.25) is 0 Å². The first-order valence-electron chi connectivity index (χ1n) is 7.69. The number of carbonyl (C=O) groups is 1. The van der Waals surface area contributed by atoms with Crippen molar-refractivity contribution in [2.24, 2.45) is 0 Å². The summed E-state index contributed by atoms with van der Waals surface area (Å²) in [5, 5.41) is 26.5. The zero-order valence-corrected chi connectivity index (χ0v) is 14.9. The molecule has 1 aliphatic heterocycles. The normalized spacial score (nSPS) is 23.9. The van der Waals surface area contributed by atoms with Crippen molar-refractivity contribution in [3.63, 3.8) is 0 Å². The highest BCUT2D eigenvalue weighted by Gasteiger charge is 2.49. The Labute approximate surface area is 153 Å². The minimum Gasteiger partial charge on any atom is -0.388 e. The van der Waals surface area contributed by atoms with Crippen molar-refractivity contribution in [3.8, 4) is 0 Å². The van der Waals surface area contributed by atoms with E-state index in [2.05, 4.69) is 5.32 Å². The number of fused-ring (bicyclic) bond motifs is 1. The third-order valence-electron chi connectivity index (χ3n) is 4.62. The fraction of sp³-hybridized carbons (Fsp3) is 0.353. The Morgan fingerprint density at radius 1 is 1.33 bits per heavy atom. The van der Waals surface area contributed by atoms with Crippen molar-refractivity contribution in [2.45, 2.75) is 36.9 Å². The van der Waals surface area contributed by atoms with E-state index < -0.39 is 17.6 Å². The van der Waals surface area contributed by atoms with E-state index in [4.69, 9.17) is 23.2 Å². The summed E-state index contributed by atoms with van der Waals surface area (Å²) >= 11 is 13.9. The van der Waals surface area contributed by atoms with E-state index in [9.17, 15) is 15.0 Å². The molecule has 2 unspecified atom stereocenters. The second-order valence-corrected chi connectivity index (χ2v) is 8.13. The third kappa shape index (κ3) is 2.55. The second kappa shape index (κ2) is 5.71. The largest absolute Gasteiger partial charge is 0.388 e. The minimum absolute atomic E-state index is 0.174. The van der Waals surface area contributed by atoms with Gasteiger partial charge in [-0.25, -0.2) is 0 Å². The molecule has 24 heavy (non-hydrogen) atoms. The monoisotopic (exact) mass is 383 g/mol. The summed E-state index contributed by atoms with van der Waals surface area (Å²) in [6.45, 7) is 0. The molecule has 7 heteroatoms. The molecule has 2 aliphatic rings. The van der Waals surface area contributed by atoms with Crippen LogP contribution in [-0.2, 0) is 10.4 Å². The maximum absolute atomic E-state index is 12.4. The number of benzene rings is 1. The third-order valence-corrected chi connectivity index (χ3v) is 6.37. The lowest BCUT2D eigenvalue weighted by Crippen LogP contribution is -2.36. The van der Waals surface area contributed by atoms with Gasteiger partial charge in [0.1, 0.15) is 0 Å². The molecule has 1 aromatic carbocycles. The number of halogens is 2. The molecule has 0 radical (unpaired) electrons. The SMILES string of the molecule is O=C1Nc2c(Cl)ccc(Cl)c2C1(O)CC(O)c1csc(C2CC2)c1. The fourth-order valence-electron chi connectivity index (χ4n) is 3.13. The molecule has 2 atom stereocenters. The lowest BCUT2D eigenvalue weighted by Gasteiger charge is -2.24. The predicted molar refractivity (Wildman–Crippen MR) is 94.9 cm³/mol. The molecule has 1 fully saturated rings. The van der Waals surface area contributed by atoms with Crippen LogP contribution in [0.15, 0.2) is 23.6 Å². The Bertz CT molecular complexity index is 833. The molecule has 1 saturated carbocycles. The van der Waals surface area contributed by atoms with Crippen LogP contribution in [0.25, 0.3) is 0 Å². The number of hydrogen-bond acceptors (Lipinski definition) is 4. The van der Waals surface area contributed by atoms with Crippen molar-refractivity contribution in [3.05, 3.63) is 49.6 Å². The standard InChI is InChI=1S/C17H15Cl2NO3S/c18-10-3-4-11(19)15-14(10)17(23,16(22)20-15)6-12(21)9-5-13(24-7-9)8-1-2-8/h3-5,7-8,12,21,23H,1-2,6H2,(H,20,22). The molecule has 0 spiro atoms. The van der Waals surface area contributed by atoms with Gasteiger partial charge in [0, 0.05) is 21.9 Å². The maximum atomic E-state index is 12.4. The van der Waals surface area contributed by atoms with E-state index in [-0.39, 0.29) is 17.0 Å². The number of thiophene rings is 1. The van der Waals surface area contributed by atoms with Crippen LogP contribution >= 0.6 is 34.5 Å². The number of aliphatic hydroxyl groups is 2. The predicted octanol–water partition coefficient (Wildman–Crippen LogP) is 4.20. The van der Waals surface area contributed by atoms with Gasteiger partial charge in [-0.1, -0.05) is 23.2 Å². The molecule has 3 N–H and O–H groups in total. The van der Waals surface area contributed by atoms with E-state index in [0.717, 1.165) is 5.56 Å². The Morgan fingerprint density at radius 3 is 2.75 bits per heavy atom. The first kappa shape index (κ1) is 16.4. The molecular weight excluding hydrogens is 369 g/mol. The van der Waals surface area contributed by atoms with E-state index in [1.54, 1.807) is 17.4 Å². The smallest absolute Gasteiger partial charge is 0.261 e. The van der Waals surface area contributed by atoms with E-state index >= 15 is 0 Å². The van der Waals surface area contributed by atoms with Crippen LogP contribution in [0.5, 0.6) is 0 Å². The summed E-state index contributed by atoms with van der Waals surface area (Å²) in [6, 6.07) is 5.06. The van der Waals surface area contributed by atoms with Crippen LogP contribution < -0.4 is 5.32 Å². The molecule has 4 nitrogen and oxygen atoms in total. The summed E-state index contributed by atoms with van der Waals surface area (Å²) in [6.07, 6.45) is 1.23. The van der Waals surface area contributed by atoms with E-state index in [1.165, 1.54) is 23.8 Å². The molecule has 126 valence electrons. The average Bonchev–Trinajstić information content (AvgIpc) is 3.20. The number of rotatable bonds is 4. The second-order valence-electron chi connectivity index (χ2n) is 6.37. The highest BCUT2D eigenvalue weighted by atomic mass is 35.5. The molecule has 2 heterocycles. The number of nitrogens with one attached hydrogen (secondary N) is 1. The van der Waals surface area contributed by atoms with Crippen LogP contribution in [0, 0.1) is 0 Å². The number of carbonyl (C=O) groups excluding carboxylic acids is 1. The van der Waals surface area contributed by atoms with E-state index in [1.807, 2.05) is 11.4 Å². The Kier molecular flexibility index (Phi) is 3.90. The van der Waals surface area contributed by atoms with Crippen molar-refractivity contribution in [2.75, 3.05) is 5.32 Å². The van der Waals surface area contributed by atoms with Crippen molar-refractivity contribution >= 4 is 46.1 Å². The first-order chi connectivity index (χ1) is 11.4. The molecule has 1 aliphatic carbocycles. The van der Waals surface area contributed by atoms with Crippen LogP contribution in [0.4, 0.5) is 5.69 Å². The molecule has 0 saturated heterocycles. The Balaban J connectivity index is 1.66. The minimum atomic E-state index is -1.90. The van der Waals surface area contributed by atoms with Gasteiger partial charge in [-0.05, 0) is 47.9 Å². The molecule has 1 aromatic heterocycles. The number of amides is 1. The Morgan fingerprint density at radius 2 is 2.04 bits per heavy atom. The molecule has 4 rings (SSSR count). The van der Waals surface area contributed by atoms with Crippen molar-refractivity contribution < 1.29 is 15.0 Å². The lowest BCUT2D eigenvalue weighted by molar-refractivity contribution is -0.137. The summed E-state index contributed by atoms with van der Waals surface area (Å²) < 4.78 is 0. The fourth-order valence-corrected chi connectivity index (χ4v) is 4.77. The first-order valence-corrected chi connectivity index (χ1v) is 9.32. The Hall–Kier alpha value is -1.11. The van der Waals surface area contributed by atoms with Gasteiger partial charge >= 0.3 is 0 Å². The lowest BCUT2D eigenvalue weighted by atomic mass is 9.87. The van der Waals surface area contributed by atoms with Crippen LogP contribution in [0.2, 0.25) is 10.0 Å². The average molecular weight is 384 g/mol. The highest BCUT2D eigenvalue weighted by Crippen LogP contribution is 2.49. The van der Waals surface area contributed by atoms with Gasteiger partial charge in [-0.15, -0.1) is 11.3 Å². The zero-order valence-electron chi connectivity index (χ0n) is 12.6. The summed E-state index contributed by atoms with van der Waals surface area (Å²) in [7, 11) is 0. The van der Waals surface area contributed by atoms with E-state index in [0.29, 0.717) is 16.6 Å². The van der Waals surface area contributed by atoms with Crippen LogP contribution in [0.1, 0.15) is 47.3 Å². The summed E-state index contributed by atoms with van der Waals surface area (Å²) in [5.74, 6) is -0.0213. The summed E-state index contributed by atoms with van der Waals surface area (Å²) in [4.78, 5) is 13.6. The number of anilines is 1. The van der Waals surface area contributed by atoms with Crippen molar-refractivity contribution in [1.29, 1.82) is 0 Å². The molecule has 0 bridgehead atoms. The highest BCUT2D eigenvalue weighted by molar-refractivity contribution is 7.10. The quantitative estimate of drug-likeness (QED) is 0.740. The topological polar surface area (TPSA) is 69.6 Å². The number of aliphatic hydroxyl groups excluding tert-OH is 1. The van der Waals surface area contributed by atoms with Crippen LogP contribution in [-0.4, -0.2) is 16.1 Å². The van der Waals surface area contributed by atoms with Gasteiger partial charge in [0.25, 0.3) is 5.91 Å². The van der Waals surface area contributed by atoms with Gasteiger partial charge in [-0.2, -0.15) is 0 Å². The number of hydrogen-bond donors (Lipinski definition) is 3. The van der Waals surface area contributed by atoms with Gasteiger partial charge < -0.3 is 15.5 Å². The van der Waals surface area contributed by atoms with Crippen LogP contribution in [0.3, 0.4) is 0 Å². The molecule has 1 amide bonds. The molecular formula is C17H15Cl2NO3S. The van der Waals surface area contributed by atoms with Crippen molar-refractivity contribution in [1.82, 2.24) is 0 Å².